The highest BCUT2D eigenvalue weighted by atomic mass is 35.5. The minimum absolute atomic E-state index is 0.0747. The van der Waals surface area contributed by atoms with Crippen molar-refractivity contribution >= 4 is 46.4 Å². The fourth-order valence-corrected chi connectivity index (χ4v) is 5.73. The Balaban J connectivity index is 0.000000161. The third-order valence-corrected chi connectivity index (χ3v) is 8.33. The zero-order chi connectivity index (χ0) is 28.6. The number of halogens is 4. The molecule has 13 heteroatoms. The van der Waals surface area contributed by atoms with Crippen LogP contribution in [0.5, 0.6) is 5.75 Å². The van der Waals surface area contributed by atoms with Crippen molar-refractivity contribution in [1.82, 2.24) is 18.7 Å². The first kappa shape index (κ1) is 28.9. The summed E-state index contributed by atoms with van der Waals surface area (Å²) in [6.45, 7) is 6.07. The van der Waals surface area contributed by atoms with Crippen molar-refractivity contribution in [2.24, 2.45) is 0 Å². The fraction of sp³-hybridized carbons (Fsp3) is 0.333. The molecule has 2 aromatic carbocycles. The molecule has 9 nitrogen and oxygen atoms in total. The summed E-state index contributed by atoms with van der Waals surface area (Å²) >= 11 is 24.5. The van der Waals surface area contributed by atoms with Gasteiger partial charge in [0.25, 0.3) is 11.1 Å². The van der Waals surface area contributed by atoms with E-state index in [0.717, 1.165) is 11.1 Å². The molecule has 0 fully saturated rings. The molecule has 0 unspecified atom stereocenters. The summed E-state index contributed by atoms with van der Waals surface area (Å²) in [6.07, 6.45) is 0. The molecule has 0 amide bonds. The number of nitrogens with zero attached hydrogens (tertiary/aromatic N) is 4. The van der Waals surface area contributed by atoms with Crippen LogP contribution in [-0.4, -0.2) is 50.3 Å². The quantitative estimate of drug-likeness (QED) is 0.325. The van der Waals surface area contributed by atoms with Crippen molar-refractivity contribution in [3.05, 3.63) is 83.0 Å². The number of phenols is 1. The van der Waals surface area contributed by atoms with E-state index in [9.17, 15) is 14.7 Å². The SMILES string of the molecule is Cc1cc(-c2c(Cl)n3n(c2=O)CCOCC3)ccc1Cl.O=c1c(-c2ccc(Cl)c(O)c2)c(Cl)n2n1CCOCC2. The van der Waals surface area contributed by atoms with Crippen molar-refractivity contribution in [1.29, 1.82) is 0 Å². The van der Waals surface area contributed by atoms with Gasteiger partial charge in [-0.25, -0.2) is 9.36 Å². The van der Waals surface area contributed by atoms with E-state index in [4.69, 9.17) is 55.9 Å². The van der Waals surface area contributed by atoms with Crippen LogP contribution >= 0.6 is 46.4 Å². The van der Waals surface area contributed by atoms with E-state index in [1.54, 1.807) is 36.9 Å². The van der Waals surface area contributed by atoms with Crippen molar-refractivity contribution < 1.29 is 14.6 Å². The van der Waals surface area contributed by atoms with E-state index >= 15 is 0 Å². The van der Waals surface area contributed by atoms with Gasteiger partial charge in [0.2, 0.25) is 0 Å². The number of ether oxygens (including phenoxy) is 2. The molecule has 0 spiro atoms. The zero-order valence-electron chi connectivity index (χ0n) is 21.5. The maximum absolute atomic E-state index is 12.6. The Bertz CT molecular complexity index is 1560. The zero-order valence-corrected chi connectivity index (χ0v) is 24.5. The Labute approximate surface area is 249 Å². The number of benzene rings is 2. The number of phenolic OH excluding ortho intramolecular Hbond substituents is 1. The van der Waals surface area contributed by atoms with Gasteiger partial charge in [-0.1, -0.05) is 58.5 Å². The predicted octanol–water partition coefficient (Wildman–Crippen LogP) is 5.32. The summed E-state index contributed by atoms with van der Waals surface area (Å²) < 4.78 is 17.4. The Morgan fingerprint density at radius 3 is 1.52 bits per heavy atom. The van der Waals surface area contributed by atoms with Gasteiger partial charge in [0.05, 0.1) is 68.8 Å². The summed E-state index contributed by atoms with van der Waals surface area (Å²) in [7, 11) is 0. The molecular weight excluding hydrogens is 602 g/mol. The molecule has 40 heavy (non-hydrogen) atoms. The Kier molecular flexibility index (Phi) is 8.70. The van der Waals surface area contributed by atoms with Crippen molar-refractivity contribution in [2.75, 3.05) is 26.4 Å². The molecule has 4 aromatic rings. The van der Waals surface area contributed by atoms with Crippen molar-refractivity contribution in [3.8, 4) is 28.0 Å². The second-order valence-corrected chi connectivity index (χ2v) is 10.8. The topological polar surface area (TPSA) is 92.5 Å². The smallest absolute Gasteiger partial charge is 0.276 e. The third kappa shape index (κ3) is 5.46. The molecule has 2 aliphatic rings. The van der Waals surface area contributed by atoms with Crippen LogP contribution in [0.15, 0.2) is 46.0 Å². The molecule has 1 N–H and O–H groups in total. The van der Waals surface area contributed by atoms with E-state index in [-0.39, 0.29) is 21.9 Å². The van der Waals surface area contributed by atoms with Gasteiger partial charge in [-0.05, 0) is 47.9 Å². The molecule has 2 aliphatic heterocycles. The molecule has 0 saturated carbocycles. The Morgan fingerprint density at radius 1 is 0.650 bits per heavy atom. The lowest BCUT2D eigenvalue weighted by Crippen LogP contribution is -2.23. The number of hydrogen-bond acceptors (Lipinski definition) is 5. The minimum Gasteiger partial charge on any atom is -0.506 e. The molecule has 0 atom stereocenters. The monoisotopic (exact) mass is 626 g/mol. The first-order chi connectivity index (χ1) is 19.2. The van der Waals surface area contributed by atoms with Crippen LogP contribution in [0.4, 0.5) is 0 Å². The van der Waals surface area contributed by atoms with E-state index < -0.39 is 0 Å². The van der Waals surface area contributed by atoms with E-state index in [1.807, 2.05) is 19.1 Å². The Hall–Kier alpha value is -2.66. The molecule has 4 heterocycles. The van der Waals surface area contributed by atoms with Gasteiger partial charge in [0.1, 0.15) is 16.1 Å². The lowest BCUT2D eigenvalue weighted by Gasteiger charge is -2.06. The highest BCUT2D eigenvalue weighted by molar-refractivity contribution is 6.33. The largest absolute Gasteiger partial charge is 0.506 e. The summed E-state index contributed by atoms with van der Waals surface area (Å²) in [5, 5.41) is 11.4. The maximum atomic E-state index is 12.6. The number of aryl methyl sites for hydroxylation is 1. The average molecular weight is 628 g/mol. The number of rotatable bonds is 2. The van der Waals surface area contributed by atoms with Gasteiger partial charge in [-0.15, -0.1) is 0 Å². The number of aromatic nitrogens is 4. The van der Waals surface area contributed by atoms with Gasteiger partial charge >= 0.3 is 0 Å². The fourth-order valence-electron chi connectivity index (χ4n) is 4.77. The van der Waals surface area contributed by atoms with Crippen LogP contribution < -0.4 is 11.1 Å². The first-order valence-corrected chi connectivity index (χ1v) is 14.1. The van der Waals surface area contributed by atoms with Crippen LogP contribution in [-0.2, 0) is 35.7 Å². The van der Waals surface area contributed by atoms with E-state index in [1.165, 1.54) is 6.07 Å². The van der Waals surface area contributed by atoms with Crippen molar-refractivity contribution in [3.63, 3.8) is 0 Å². The summed E-state index contributed by atoms with van der Waals surface area (Å²) in [5.41, 5.74) is 2.92. The molecule has 6 rings (SSSR count). The number of hydrogen-bond donors (Lipinski definition) is 1. The van der Waals surface area contributed by atoms with Gasteiger partial charge in [0.15, 0.2) is 0 Å². The molecule has 0 bridgehead atoms. The maximum Gasteiger partial charge on any atom is 0.276 e. The van der Waals surface area contributed by atoms with Crippen LogP contribution in [0, 0.1) is 6.92 Å². The van der Waals surface area contributed by atoms with Crippen LogP contribution in [0.25, 0.3) is 22.3 Å². The molecule has 0 radical (unpaired) electrons. The molecular formula is C27H26Cl4N4O5. The molecule has 0 saturated heterocycles. The van der Waals surface area contributed by atoms with Gasteiger partial charge in [-0.3, -0.25) is 19.0 Å². The van der Waals surface area contributed by atoms with Crippen LogP contribution in [0.3, 0.4) is 0 Å². The van der Waals surface area contributed by atoms with Gasteiger partial charge < -0.3 is 14.6 Å². The molecule has 2 aromatic heterocycles. The second kappa shape index (κ2) is 12.1. The summed E-state index contributed by atoms with van der Waals surface area (Å²) in [5.74, 6) is -0.0747. The average Bonchev–Trinajstić information content (AvgIpc) is 3.18. The number of aromatic hydroxyl groups is 1. The normalized spacial score (nSPS) is 14.9. The van der Waals surface area contributed by atoms with Gasteiger partial charge in [0, 0.05) is 5.02 Å². The summed E-state index contributed by atoms with van der Waals surface area (Å²) in [6, 6.07) is 10.2. The van der Waals surface area contributed by atoms with E-state index in [0.29, 0.717) is 84.6 Å². The molecule has 212 valence electrons. The first-order valence-electron chi connectivity index (χ1n) is 12.6. The standard InChI is InChI=1S/C14H14Cl2N2O2.C13H12Cl2N2O3/c1-9-8-10(2-3-11(9)15)12-13(16)17-4-6-20-7-5-18(17)14(12)19;14-9-2-1-8(7-10(9)18)11-12(15)16-3-5-20-6-4-17(16)13(11)19/h2-3,8H,4-7H2,1H3;1-2,7,18H,3-6H2. The highest BCUT2D eigenvalue weighted by Crippen LogP contribution is 2.32. The second-order valence-electron chi connectivity index (χ2n) is 9.29. The highest BCUT2D eigenvalue weighted by Gasteiger charge is 2.23. The predicted molar refractivity (Wildman–Crippen MR) is 156 cm³/mol. The van der Waals surface area contributed by atoms with Gasteiger partial charge in [-0.2, -0.15) is 0 Å². The lowest BCUT2D eigenvalue weighted by molar-refractivity contribution is 0.137. The third-order valence-electron chi connectivity index (χ3n) is 6.82. The van der Waals surface area contributed by atoms with E-state index in [2.05, 4.69) is 0 Å². The number of fused-ring (bicyclic) bond motifs is 2. The van der Waals surface area contributed by atoms with Crippen molar-refractivity contribution in [2.45, 2.75) is 33.1 Å². The minimum atomic E-state index is -0.192. The summed E-state index contributed by atoms with van der Waals surface area (Å²) in [4.78, 5) is 25.0. The van der Waals surface area contributed by atoms with Crippen LogP contribution in [0.2, 0.25) is 20.4 Å². The molecule has 0 aliphatic carbocycles. The van der Waals surface area contributed by atoms with Crippen LogP contribution in [0.1, 0.15) is 5.56 Å². The Morgan fingerprint density at radius 2 is 1.07 bits per heavy atom. The lowest BCUT2D eigenvalue weighted by atomic mass is 10.1.